The normalized spacial score (nSPS) is 10.8. The highest BCUT2D eigenvalue weighted by atomic mass is 32.2. The first-order chi connectivity index (χ1) is 9.48. The Balaban J connectivity index is 2.15. The molecule has 3 N–H and O–H groups in total. The van der Waals surface area contributed by atoms with Gasteiger partial charge in [-0.15, -0.1) is 0 Å². The molecular formula is C13H12N2O4S. The van der Waals surface area contributed by atoms with Gasteiger partial charge in [-0.1, -0.05) is 30.3 Å². The summed E-state index contributed by atoms with van der Waals surface area (Å²) in [5.74, 6) is -0.421. The van der Waals surface area contributed by atoms with Crippen molar-refractivity contribution in [2.45, 2.75) is 4.90 Å². The molecule has 0 unspecified atom stereocenters. The second kappa shape index (κ2) is 5.72. The van der Waals surface area contributed by atoms with Gasteiger partial charge in [0.05, 0.1) is 5.69 Å². The van der Waals surface area contributed by atoms with E-state index in [9.17, 15) is 13.2 Å². The van der Waals surface area contributed by atoms with Gasteiger partial charge < -0.3 is 0 Å². The summed E-state index contributed by atoms with van der Waals surface area (Å²) in [6.45, 7) is 0. The van der Waals surface area contributed by atoms with Crippen LogP contribution in [0.4, 0.5) is 5.69 Å². The van der Waals surface area contributed by atoms with Crippen molar-refractivity contribution in [3.8, 4) is 0 Å². The van der Waals surface area contributed by atoms with E-state index >= 15 is 0 Å². The molecule has 0 spiro atoms. The van der Waals surface area contributed by atoms with Gasteiger partial charge in [-0.2, -0.15) is 8.42 Å². The number of anilines is 1. The molecule has 7 heteroatoms. The lowest BCUT2D eigenvalue weighted by atomic mass is 10.2. The summed E-state index contributed by atoms with van der Waals surface area (Å²) >= 11 is 0. The molecule has 6 nitrogen and oxygen atoms in total. The van der Waals surface area contributed by atoms with Gasteiger partial charge in [0.15, 0.2) is 0 Å². The molecule has 0 aliphatic carbocycles. The minimum Gasteiger partial charge on any atom is -0.297 e. The van der Waals surface area contributed by atoms with Gasteiger partial charge in [0, 0.05) is 5.56 Å². The lowest BCUT2D eigenvalue weighted by molar-refractivity contribution is 0.0962. The van der Waals surface area contributed by atoms with Crippen molar-refractivity contribution < 1.29 is 17.8 Å². The number of hydrazine groups is 1. The van der Waals surface area contributed by atoms with Crippen LogP contribution < -0.4 is 10.9 Å². The average molecular weight is 292 g/mol. The van der Waals surface area contributed by atoms with Crippen LogP contribution in [0.2, 0.25) is 0 Å². The van der Waals surface area contributed by atoms with Gasteiger partial charge in [0.2, 0.25) is 0 Å². The topological polar surface area (TPSA) is 95.5 Å². The smallest absolute Gasteiger partial charge is 0.296 e. The zero-order valence-corrected chi connectivity index (χ0v) is 11.1. The molecule has 2 aromatic carbocycles. The molecule has 104 valence electrons. The maximum absolute atomic E-state index is 11.8. The Morgan fingerprint density at radius 3 is 2.20 bits per heavy atom. The van der Waals surface area contributed by atoms with Gasteiger partial charge >= 0.3 is 0 Å². The molecule has 20 heavy (non-hydrogen) atoms. The monoisotopic (exact) mass is 292 g/mol. The molecule has 2 rings (SSSR count). The maximum atomic E-state index is 11.8. The summed E-state index contributed by atoms with van der Waals surface area (Å²) < 4.78 is 31.4. The van der Waals surface area contributed by atoms with Crippen LogP contribution in [0.25, 0.3) is 0 Å². The Hall–Kier alpha value is -2.38. The van der Waals surface area contributed by atoms with Crippen molar-refractivity contribution in [1.29, 1.82) is 0 Å². The summed E-state index contributed by atoms with van der Waals surface area (Å²) in [4.78, 5) is 11.5. The fourth-order valence-corrected chi connectivity index (χ4v) is 2.23. The second-order valence-electron chi connectivity index (χ2n) is 3.92. The predicted molar refractivity (Wildman–Crippen MR) is 73.8 cm³/mol. The van der Waals surface area contributed by atoms with E-state index in [-0.39, 0.29) is 10.6 Å². The second-order valence-corrected chi connectivity index (χ2v) is 5.31. The van der Waals surface area contributed by atoms with Gasteiger partial charge in [-0.25, -0.2) is 0 Å². The van der Waals surface area contributed by atoms with Gasteiger partial charge in [-0.05, 0) is 24.3 Å². The van der Waals surface area contributed by atoms with Gasteiger partial charge in [0.1, 0.15) is 4.90 Å². The molecular weight excluding hydrogens is 280 g/mol. The summed E-state index contributed by atoms with van der Waals surface area (Å²) in [7, 11) is -4.36. The Morgan fingerprint density at radius 2 is 1.55 bits per heavy atom. The molecule has 0 aromatic heterocycles. The summed E-state index contributed by atoms with van der Waals surface area (Å²) in [6.07, 6.45) is 0. The van der Waals surface area contributed by atoms with Crippen molar-refractivity contribution in [3.63, 3.8) is 0 Å². The lowest BCUT2D eigenvalue weighted by Crippen LogP contribution is -2.30. The first kappa shape index (κ1) is 14.0. The van der Waals surface area contributed by atoms with E-state index < -0.39 is 16.0 Å². The largest absolute Gasteiger partial charge is 0.297 e. The van der Waals surface area contributed by atoms with Gasteiger partial charge in [0.25, 0.3) is 16.0 Å². The molecule has 0 saturated carbocycles. The van der Waals surface area contributed by atoms with Crippen LogP contribution in [0.3, 0.4) is 0 Å². The molecule has 0 heterocycles. The van der Waals surface area contributed by atoms with Crippen molar-refractivity contribution >= 4 is 21.7 Å². The molecule has 1 amide bonds. The number of carbonyl (C=O) groups is 1. The molecule has 0 radical (unpaired) electrons. The Labute approximate surface area is 116 Å². The van der Waals surface area contributed by atoms with Crippen LogP contribution in [0.5, 0.6) is 0 Å². The Kier molecular flexibility index (Phi) is 4.02. The van der Waals surface area contributed by atoms with Crippen molar-refractivity contribution in [1.82, 2.24) is 5.43 Å². The van der Waals surface area contributed by atoms with E-state index in [1.807, 2.05) is 0 Å². The molecule has 0 fully saturated rings. The summed E-state index contributed by atoms with van der Waals surface area (Å²) in [5.41, 5.74) is 5.35. The third-order valence-corrected chi connectivity index (χ3v) is 3.42. The average Bonchev–Trinajstić information content (AvgIpc) is 2.45. The fraction of sp³-hybridized carbons (Fsp3) is 0. The van der Waals surface area contributed by atoms with E-state index in [2.05, 4.69) is 10.9 Å². The van der Waals surface area contributed by atoms with E-state index in [1.54, 1.807) is 36.4 Å². The predicted octanol–water partition coefficient (Wildman–Crippen LogP) is 1.69. The van der Waals surface area contributed by atoms with Crippen LogP contribution in [-0.2, 0) is 10.1 Å². The minimum atomic E-state index is -4.36. The summed E-state index contributed by atoms with van der Waals surface area (Å²) in [6, 6.07) is 14.1. The third-order valence-electron chi connectivity index (χ3n) is 2.51. The highest BCUT2D eigenvalue weighted by Crippen LogP contribution is 2.19. The molecule has 0 aliphatic rings. The zero-order chi connectivity index (χ0) is 14.6. The SMILES string of the molecule is O=C(NNc1ccccc1S(=O)(=O)O)c1ccccc1. The van der Waals surface area contributed by atoms with E-state index in [0.29, 0.717) is 5.56 Å². The molecule has 2 aromatic rings. The minimum absolute atomic E-state index is 0.0827. The van der Waals surface area contributed by atoms with Crippen LogP contribution in [0.15, 0.2) is 59.5 Å². The van der Waals surface area contributed by atoms with E-state index in [0.717, 1.165) is 0 Å². The molecule has 0 aliphatic heterocycles. The van der Waals surface area contributed by atoms with E-state index in [1.165, 1.54) is 18.2 Å². The highest BCUT2D eigenvalue weighted by molar-refractivity contribution is 7.86. The Bertz CT molecular complexity index is 714. The van der Waals surface area contributed by atoms with Crippen LogP contribution >= 0.6 is 0 Å². The lowest BCUT2D eigenvalue weighted by Gasteiger charge is -2.11. The van der Waals surface area contributed by atoms with Crippen molar-refractivity contribution in [3.05, 3.63) is 60.2 Å². The number of rotatable bonds is 4. The van der Waals surface area contributed by atoms with Crippen molar-refractivity contribution in [2.75, 3.05) is 5.43 Å². The number of hydrogen-bond donors (Lipinski definition) is 3. The summed E-state index contributed by atoms with van der Waals surface area (Å²) in [5, 5.41) is 0. The van der Waals surface area contributed by atoms with Gasteiger partial charge in [-0.3, -0.25) is 20.2 Å². The first-order valence-electron chi connectivity index (χ1n) is 5.66. The number of para-hydroxylation sites is 1. The number of amides is 1. The quantitative estimate of drug-likeness (QED) is 0.588. The number of nitrogens with one attached hydrogen (secondary N) is 2. The Morgan fingerprint density at radius 1 is 0.950 bits per heavy atom. The zero-order valence-electron chi connectivity index (χ0n) is 10.3. The number of hydrogen-bond acceptors (Lipinski definition) is 4. The van der Waals surface area contributed by atoms with Crippen LogP contribution in [0.1, 0.15) is 10.4 Å². The first-order valence-corrected chi connectivity index (χ1v) is 7.10. The fourth-order valence-electron chi connectivity index (χ4n) is 1.58. The molecule has 0 saturated heterocycles. The maximum Gasteiger partial charge on any atom is 0.296 e. The standard InChI is InChI=1S/C13H12N2O4S/c16-13(10-6-2-1-3-7-10)15-14-11-8-4-5-9-12(11)20(17,18)19/h1-9,14H,(H,15,16)(H,17,18,19). The number of carbonyl (C=O) groups excluding carboxylic acids is 1. The highest BCUT2D eigenvalue weighted by Gasteiger charge is 2.15. The molecule has 0 atom stereocenters. The van der Waals surface area contributed by atoms with Crippen molar-refractivity contribution in [2.24, 2.45) is 0 Å². The van der Waals surface area contributed by atoms with E-state index in [4.69, 9.17) is 4.55 Å². The molecule has 0 bridgehead atoms. The third kappa shape index (κ3) is 3.34. The van der Waals surface area contributed by atoms with Crippen LogP contribution in [-0.4, -0.2) is 18.9 Å². The number of benzene rings is 2. The van der Waals surface area contributed by atoms with Crippen LogP contribution in [0, 0.1) is 0 Å².